The second kappa shape index (κ2) is 27.3. The maximum atomic E-state index is 16.2. The molecule has 0 spiro atoms. The number of phenols is 5. The van der Waals surface area contributed by atoms with Gasteiger partial charge in [-0.25, -0.2) is 9.59 Å². The Kier molecular flexibility index (Phi) is 18.1. The van der Waals surface area contributed by atoms with Crippen LogP contribution in [-0.4, -0.2) is 90.1 Å². The zero-order valence-corrected chi connectivity index (χ0v) is 53.1. The van der Waals surface area contributed by atoms with Crippen LogP contribution < -0.4 is 56.6 Å². The number of rotatable bonds is 5. The van der Waals surface area contributed by atoms with E-state index in [0.29, 0.717) is 11.1 Å². The molecular formula is C72H55Cl2N7O19. The number of phenolic OH excluding ortho intramolecular Hbond substituents is 5. The molecule has 6 aliphatic rings. The molecule has 0 radical (unpaired) electrons. The molecule has 26 nitrogen and oxygen atoms in total. The van der Waals surface area contributed by atoms with Crippen molar-refractivity contribution in [3.05, 3.63) is 236 Å². The largest absolute Gasteiger partial charge is 0.508 e. The number of fused-ring (bicyclic) bond motifs is 14. The number of halogens is 2. The van der Waals surface area contributed by atoms with Crippen LogP contribution >= 0.6 is 23.2 Å². The van der Waals surface area contributed by atoms with Gasteiger partial charge in [0.2, 0.25) is 41.2 Å². The Hall–Kier alpha value is -12.4. The van der Waals surface area contributed by atoms with Gasteiger partial charge in [-0.3, -0.25) is 28.8 Å². The number of ether oxygens (including phenoxy) is 5. The van der Waals surface area contributed by atoms with E-state index in [1.54, 1.807) is 36.4 Å². The Labute approximate surface area is 575 Å². The van der Waals surface area contributed by atoms with Gasteiger partial charge in [0, 0.05) is 35.2 Å². The van der Waals surface area contributed by atoms with E-state index in [0.717, 1.165) is 42.5 Å². The molecule has 28 heteroatoms. The molecule has 9 aromatic carbocycles. The van der Waals surface area contributed by atoms with Gasteiger partial charge in [0.1, 0.15) is 89.2 Å². The first-order valence-corrected chi connectivity index (χ1v) is 31.4. The van der Waals surface area contributed by atoms with E-state index in [9.17, 15) is 45.0 Å². The van der Waals surface area contributed by atoms with Crippen molar-refractivity contribution in [3.8, 4) is 80.1 Å². The summed E-state index contributed by atoms with van der Waals surface area (Å²) in [6.45, 7) is -0.183. The predicted octanol–water partition coefficient (Wildman–Crippen LogP) is 8.16. The highest BCUT2D eigenvalue weighted by Crippen LogP contribution is 2.49. The third-order valence-electron chi connectivity index (χ3n) is 16.8. The number of hydrogen-bond donors (Lipinski definition) is 13. The Morgan fingerprint density at radius 1 is 0.500 bits per heavy atom. The summed E-state index contributed by atoms with van der Waals surface area (Å²) in [6, 6.07) is 24.9. The third-order valence-corrected chi connectivity index (χ3v) is 17.4. The van der Waals surface area contributed by atoms with Crippen LogP contribution in [0.15, 0.2) is 176 Å². The molecule has 100 heavy (non-hydrogen) atoms. The molecule has 17 bridgehead atoms. The number of esters is 2. The minimum atomic E-state index is -2.26. The van der Waals surface area contributed by atoms with E-state index < -0.39 is 141 Å². The third kappa shape index (κ3) is 13.6. The highest BCUT2D eigenvalue weighted by Gasteiger charge is 2.42. The summed E-state index contributed by atoms with van der Waals surface area (Å²) in [5.74, 6) is -14.7. The zero-order valence-electron chi connectivity index (χ0n) is 51.6. The van der Waals surface area contributed by atoms with Gasteiger partial charge in [0.15, 0.2) is 29.0 Å². The number of amides is 6. The fourth-order valence-corrected chi connectivity index (χ4v) is 12.3. The number of carbonyl (C=O) groups excluding carboxylic acids is 8. The molecule has 6 aliphatic heterocycles. The number of carbonyl (C=O) groups is 8. The normalized spacial score (nSPS) is 20.3. The van der Waals surface area contributed by atoms with Gasteiger partial charge < -0.3 is 92.0 Å². The van der Waals surface area contributed by atoms with Crippen LogP contribution in [0, 0.1) is 0 Å². The average molecular weight is 1390 g/mol. The maximum absolute atomic E-state index is 16.2. The van der Waals surface area contributed by atoms with Crippen molar-refractivity contribution >= 4 is 70.6 Å². The minimum Gasteiger partial charge on any atom is -0.508 e. The van der Waals surface area contributed by atoms with Gasteiger partial charge in [-0.2, -0.15) is 0 Å². The molecule has 506 valence electrons. The van der Waals surface area contributed by atoms with E-state index in [1.807, 2.05) is 0 Å². The monoisotopic (exact) mass is 1390 g/mol. The fraction of sp³-hybridized carbons (Fsp3) is 0.139. The van der Waals surface area contributed by atoms with Crippen molar-refractivity contribution in [2.75, 3.05) is 0 Å². The van der Waals surface area contributed by atoms with Crippen LogP contribution in [0.5, 0.6) is 69.0 Å². The van der Waals surface area contributed by atoms with Gasteiger partial charge in [0.25, 0.3) is 0 Å². The van der Waals surface area contributed by atoms with Crippen LogP contribution in [0.4, 0.5) is 0 Å². The first kappa shape index (κ1) is 66.3. The van der Waals surface area contributed by atoms with Crippen molar-refractivity contribution in [1.82, 2.24) is 31.9 Å². The standard InChI is InChI=1S/C72H55Cl2N7O19/c73-45-19-33-11-17-51(45)98-54-26-39-27-55(64(54)96-31-32-7-3-1-4-8-32)99-52-18-14-37(24-46(52)74)63(87)62-70(93)80-61(72(95)100-71(94)34-9-5-2-6-10-34)44-29-41(83)30-50(86)56(44)43-23-36(13-15-48(43)84)58(67(90)81-62)78-69(92)60(39)79-68(91)59-38-21-40(82)28-42(22-38)97-53-25-35(12-16-49(53)85)57(75)66(89)76-47(20-33)65(88)77-59/h1-19,21-30,47,57-63,82-87H,20,31,75H2,(H,76,89)(H,77,88)(H,78,92)(H,79,91)(H,80,93)(H,81,90)/t47-,57+,58-,59+,60-,61+,62+,63-/m1/s1. The second-order valence-electron chi connectivity index (χ2n) is 23.6. The fourth-order valence-electron chi connectivity index (χ4n) is 11.9. The van der Waals surface area contributed by atoms with Crippen LogP contribution in [0.3, 0.4) is 0 Å². The van der Waals surface area contributed by atoms with Crippen molar-refractivity contribution in [2.45, 2.75) is 61.4 Å². The Morgan fingerprint density at radius 3 is 1.78 bits per heavy atom. The lowest BCUT2D eigenvalue weighted by Crippen LogP contribution is -2.55. The summed E-state index contributed by atoms with van der Waals surface area (Å²) in [7, 11) is 0. The molecular weight excluding hydrogens is 1340 g/mol. The summed E-state index contributed by atoms with van der Waals surface area (Å²) in [5.41, 5.74) is 5.04. The van der Waals surface area contributed by atoms with Crippen LogP contribution in [0.1, 0.15) is 91.2 Å². The SMILES string of the molecule is N[C@@H]1C(=O)N[C@@H]2Cc3ccc(c(Cl)c3)Oc3cc4cc(c3OCc3ccccc3)Oc3ccc(cc3Cl)[C@@H](O)[C@@H]3NC(=O)[C@H](NC(=O)[C@@H]4NC(=O)[C@@H](NC2=O)c2cc(O)cc(c2)Oc2cc1ccc2O)c1ccc(O)c(c1)-c1c(O)cc(O)cc1[C@@H](C(=O)OC(=O)c1ccccc1)NC3=O. The van der Waals surface area contributed by atoms with Crippen molar-refractivity contribution in [1.29, 1.82) is 0 Å². The van der Waals surface area contributed by atoms with Crippen molar-refractivity contribution < 1.29 is 92.7 Å². The molecule has 9 aromatic rings. The first-order valence-electron chi connectivity index (χ1n) is 30.6. The molecule has 0 unspecified atom stereocenters. The lowest BCUT2D eigenvalue weighted by atomic mass is 9.89. The molecule has 0 aliphatic carbocycles. The number of nitrogens with one attached hydrogen (secondary N) is 6. The summed E-state index contributed by atoms with van der Waals surface area (Å²) in [4.78, 5) is 121. The van der Waals surface area contributed by atoms with Gasteiger partial charge in [0.05, 0.1) is 15.6 Å². The van der Waals surface area contributed by atoms with E-state index in [4.69, 9.17) is 52.6 Å². The summed E-state index contributed by atoms with van der Waals surface area (Å²) >= 11 is 14.2. The van der Waals surface area contributed by atoms with Crippen LogP contribution in [-0.2, 0) is 51.3 Å². The molecule has 6 heterocycles. The first-order chi connectivity index (χ1) is 48.0. The molecule has 0 saturated carbocycles. The number of benzene rings is 9. The lowest BCUT2D eigenvalue weighted by Gasteiger charge is -2.31. The predicted molar refractivity (Wildman–Crippen MR) is 353 cm³/mol. The topological polar surface area (TPSA) is 402 Å². The van der Waals surface area contributed by atoms with E-state index in [-0.39, 0.29) is 96.7 Å². The van der Waals surface area contributed by atoms with Crippen molar-refractivity contribution in [2.24, 2.45) is 5.73 Å². The lowest BCUT2D eigenvalue weighted by molar-refractivity contribution is -0.144. The Morgan fingerprint density at radius 2 is 1.09 bits per heavy atom. The summed E-state index contributed by atoms with van der Waals surface area (Å²) in [6.07, 6.45) is -2.52. The van der Waals surface area contributed by atoms with E-state index >= 15 is 24.0 Å². The van der Waals surface area contributed by atoms with Crippen molar-refractivity contribution in [3.63, 3.8) is 0 Å². The molecule has 15 rings (SSSR count). The molecule has 0 aromatic heterocycles. The van der Waals surface area contributed by atoms with Crippen LogP contribution in [0.25, 0.3) is 11.1 Å². The second-order valence-corrected chi connectivity index (χ2v) is 24.4. The van der Waals surface area contributed by atoms with E-state index in [1.165, 1.54) is 97.1 Å². The number of aromatic hydroxyl groups is 5. The highest BCUT2D eigenvalue weighted by molar-refractivity contribution is 6.32. The van der Waals surface area contributed by atoms with Gasteiger partial charge in [-0.1, -0.05) is 96.0 Å². The van der Waals surface area contributed by atoms with Gasteiger partial charge in [-0.05, 0) is 130 Å². The molecule has 6 amide bonds. The quantitative estimate of drug-likeness (QED) is 0.0570. The molecule has 0 fully saturated rings. The molecule has 14 N–H and O–H groups in total. The summed E-state index contributed by atoms with van der Waals surface area (Å²) in [5, 5.41) is 84.9. The van der Waals surface area contributed by atoms with Gasteiger partial charge in [-0.15, -0.1) is 0 Å². The number of hydrogen-bond acceptors (Lipinski definition) is 20. The Balaban J connectivity index is 1.03. The minimum absolute atomic E-state index is 0.0707. The highest BCUT2D eigenvalue weighted by atomic mass is 35.5. The smallest absolute Gasteiger partial charge is 0.345 e. The van der Waals surface area contributed by atoms with Gasteiger partial charge >= 0.3 is 11.9 Å². The van der Waals surface area contributed by atoms with Crippen LogP contribution in [0.2, 0.25) is 10.0 Å². The number of aliphatic hydroxyl groups is 1. The number of nitrogens with two attached hydrogens (primary N) is 1. The number of aliphatic hydroxyl groups excluding tert-OH is 1. The zero-order chi connectivity index (χ0) is 70.4. The average Bonchev–Trinajstić information content (AvgIpc) is 0.770. The van der Waals surface area contributed by atoms with E-state index in [2.05, 4.69) is 31.9 Å². The Bertz CT molecular complexity index is 4870. The summed E-state index contributed by atoms with van der Waals surface area (Å²) < 4.78 is 31.3. The molecule has 0 saturated heterocycles. The maximum Gasteiger partial charge on any atom is 0.345 e. The molecule has 8 atom stereocenters.